The molecule has 0 aliphatic rings. The first-order valence-electron chi connectivity index (χ1n) is 5.41. The summed E-state index contributed by atoms with van der Waals surface area (Å²) in [6.07, 6.45) is 0. The maximum absolute atomic E-state index is 4.19. The molecule has 2 aromatic rings. The maximum Gasteiger partial charge on any atom is 0.0825 e. The van der Waals surface area contributed by atoms with E-state index in [0.717, 1.165) is 17.1 Å². The average Bonchev–Trinajstić information content (AvgIpc) is 2.79. The Balaban J connectivity index is 2.20. The molecule has 4 heteroatoms. The SMILES string of the molecule is Cc1ccsc1C(C)Nc1c(C)n[nH]c1C. The standard InChI is InChI=1S/C12H17N3S/c1-7-5-6-16-12(7)10(4)13-11-8(2)14-15-9(11)3/h5-6,10,13H,1-4H3,(H,14,15). The number of hydrogen-bond acceptors (Lipinski definition) is 3. The largest absolute Gasteiger partial charge is 0.375 e. The number of nitrogens with one attached hydrogen (secondary N) is 2. The predicted octanol–water partition coefficient (Wildman–Crippen LogP) is 3.57. The van der Waals surface area contributed by atoms with E-state index >= 15 is 0 Å². The van der Waals surface area contributed by atoms with Gasteiger partial charge >= 0.3 is 0 Å². The zero-order valence-electron chi connectivity index (χ0n) is 10.1. The Kier molecular flexibility index (Phi) is 3.01. The van der Waals surface area contributed by atoms with E-state index in [4.69, 9.17) is 0 Å². The summed E-state index contributed by atoms with van der Waals surface area (Å²) in [6, 6.07) is 2.49. The molecule has 0 spiro atoms. The normalized spacial score (nSPS) is 12.8. The van der Waals surface area contributed by atoms with Crippen LogP contribution in [0.5, 0.6) is 0 Å². The Morgan fingerprint density at radius 2 is 2.12 bits per heavy atom. The molecule has 2 N–H and O–H groups in total. The van der Waals surface area contributed by atoms with E-state index in [2.05, 4.69) is 40.8 Å². The van der Waals surface area contributed by atoms with Crippen LogP contribution in [0, 0.1) is 20.8 Å². The molecular formula is C12H17N3S. The van der Waals surface area contributed by atoms with Crippen LogP contribution in [0.4, 0.5) is 5.69 Å². The molecule has 0 saturated carbocycles. The summed E-state index contributed by atoms with van der Waals surface area (Å²) in [5, 5.41) is 12.8. The molecule has 86 valence electrons. The molecule has 16 heavy (non-hydrogen) atoms. The van der Waals surface area contributed by atoms with E-state index in [1.165, 1.54) is 10.4 Å². The Bertz CT molecular complexity index is 465. The molecule has 2 heterocycles. The van der Waals surface area contributed by atoms with E-state index in [0.29, 0.717) is 6.04 Å². The second kappa shape index (κ2) is 4.29. The lowest BCUT2D eigenvalue weighted by atomic mass is 10.2. The minimum Gasteiger partial charge on any atom is -0.375 e. The van der Waals surface area contributed by atoms with Gasteiger partial charge in [-0.25, -0.2) is 0 Å². The molecule has 0 bridgehead atoms. The average molecular weight is 235 g/mol. The number of rotatable bonds is 3. The van der Waals surface area contributed by atoms with Gasteiger partial charge in [0, 0.05) is 4.88 Å². The summed E-state index contributed by atoms with van der Waals surface area (Å²) in [5.41, 5.74) is 4.60. The van der Waals surface area contributed by atoms with Gasteiger partial charge in [0.1, 0.15) is 0 Å². The van der Waals surface area contributed by atoms with Crippen molar-refractivity contribution < 1.29 is 0 Å². The molecule has 0 radical (unpaired) electrons. The van der Waals surface area contributed by atoms with Crippen molar-refractivity contribution in [3.8, 4) is 0 Å². The Morgan fingerprint density at radius 1 is 1.38 bits per heavy atom. The molecule has 1 unspecified atom stereocenters. The summed E-state index contributed by atoms with van der Waals surface area (Å²) < 4.78 is 0. The monoisotopic (exact) mass is 235 g/mol. The molecule has 0 amide bonds. The van der Waals surface area contributed by atoms with E-state index in [1.54, 1.807) is 11.3 Å². The number of nitrogens with zero attached hydrogens (tertiary/aromatic N) is 1. The van der Waals surface area contributed by atoms with Gasteiger partial charge in [-0.1, -0.05) is 0 Å². The third-order valence-corrected chi connectivity index (χ3v) is 3.99. The van der Waals surface area contributed by atoms with E-state index in [1.807, 2.05) is 13.8 Å². The molecule has 3 nitrogen and oxygen atoms in total. The number of hydrogen-bond donors (Lipinski definition) is 2. The Labute approximate surface area is 99.9 Å². The van der Waals surface area contributed by atoms with Crippen LogP contribution >= 0.6 is 11.3 Å². The molecule has 1 atom stereocenters. The van der Waals surface area contributed by atoms with Gasteiger partial charge in [-0.2, -0.15) is 5.10 Å². The third kappa shape index (κ3) is 1.97. The lowest BCUT2D eigenvalue weighted by Gasteiger charge is -2.15. The Morgan fingerprint density at radius 3 is 2.62 bits per heavy atom. The van der Waals surface area contributed by atoms with Crippen molar-refractivity contribution in [1.82, 2.24) is 10.2 Å². The van der Waals surface area contributed by atoms with Crippen molar-refractivity contribution in [3.05, 3.63) is 33.3 Å². The molecule has 2 rings (SSSR count). The van der Waals surface area contributed by atoms with Crippen LogP contribution in [0.3, 0.4) is 0 Å². The van der Waals surface area contributed by atoms with Crippen molar-refractivity contribution in [1.29, 1.82) is 0 Å². The molecule has 0 fully saturated rings. The van der Waals surface area contributed by atoms with Gasteiger partial charge in [0.2, 0.25) is 0 Å². The fourth-order valence-corrected chi connectivity index (χ4v) is 2.81. The second-order valence-electron chi connectivity index (χ2n) is 4.14. The van der Waals surface area contributed by atoms with Crippen molar-refractivity contribution >= 4 is 17.0 Å². The van der Waals surface area contributed by atoms with Crippen LogP contribution in [0.2, 0.25) is 0 Å². The van der Waals surface area contributed by atoms with E-state index < -0.39 is 0 Å². The highest BCUT2D eigenvalue weighted by Crippen LogP contribution is 2.28. The summed E-state index contributed by atoms with van der Waals surface area (Å²) in [7, 11) is 0. The number of anilines is 1. The van der Waals surface area contributed by atoms with E-state index in [-0.39, 0.29) is 0 Å². The van der Waals surface area contributed by atoms with Crippen LogP contribution in [0.1, 0.15) is 34.8 Å². The van der Waals surface area contributed by atoms with E-state index in [9.17, 15) is 0 Å². The smallest absolute Gasteiger partial charge is 0.0825 e. The number of aromatic amines is 1. The first-order valence-corrected chi connectivity index (χ1v) is 6.29. The molecular weight excluding hydrogens is 218 g/mol. The van der Waals surface area contributed by atoms with Gasteiger partial charge in [-0.15, -0.1) is 11.3 Å². The van der Waals surface area contributed by atoms with Crippen molar-refractivity contribution in [2.45, 2.75) is 33.7 Å². The quantitative estimate of drug-likeness (QED) is 0.854. The first-order chi connectivity index (χ1) is 7.59. The fourth-order valence-electron chi connectivity index (χ4n) is 1.87. The van der Waals surface area contributed by atoms with Gasteiger partial charge in [-0.05, 0) is 44.7 Å². The van der Waals surface area contributed by atoms with Crippen LogP contribution in [0.15, 0.2) is 11.4 Å². The number of aryl methyl sites for hydroxylation is 3. The predicted molar refractivity (Wildman–Crippen MR) is 69.2 cm³/mol. The highest BCUT2D eigenvalue weighted by atomic mass is 32.1. The Hall–Kier alpha value is -1.29. The van der Waals surface area contributed by atoms with Crippen LogP contribution in [0.25, 0.3) is 0 Å². The van der Waals surface area contributed by atoms with Gasteiger partial charge in [-0.3, -0.25) is 5.10 Å². The topological polar surface area (TPSA) is 40.7 Å². The zero-order valence-corrected chi connectivity index (χ0v) is 10.9. The minimum atomic E-state index is 0.329. The van der Waals surface area contributed by atoms with Gasteiger partial charge in [0.15, 0.2) is 0 Å². The highest BCUT2D eigenvalue weighted by molar-refractivity contribution is 7.10. The summed E-state index contributed by atoms with van der Waals surface area (Å²) in [6.45, 7) is 8.39. The molecule has 0 saturated heterocycles. The summed E-state index contributed by atoms with van der Waals surface area (Å²) >= 11 is 1.80. The molecule has 2 aromatic heterocycles. The fraction of sp³-hybridized carbons (Fsp3) is 0.417. The summed E-state index contributed by atoms with van der Waals surface area (Å²) in [5.74, 6) is 0. The summed E-state index contributed by atoms with van der Waals surface area (Å²) in [4.78, 5) is 1.39. The zero-order chi connectivity index (χ0) is 11.7. The minimum absolute atomic E-state index is 0.329. The number of H-pyrrole nitrogens is 1. The highest BCUT2D eigenvalue weighted by Gasteiger charge is 2.13. The van der Waals surface area contributed by atoms with Gasteiger partial charge < -0.3 is 5.32 Å². The lowest BCUT2D eigenvalue weighted by Crippen LogP contribution is -2.07. The lowest BCUT2D eigenvalue weighted by molar-refractivity contribution is 0.894. The molecule has 0 aliphatic carbocycles. The van der Waals surface area contributed by atoms with Gasteiger partial charge in [0.05, 0.1) is 23.1 Å². The maximum atomic E-state index is 4.19. The van der Waals surface area contributed by atoms with Crippen LogP contribution < -0.4 is 5.32 Å². The first kappa shape index (κ1) is 11.2. The molecule has 0 aliphatic heterocycles. The van der Waals surface area contributed by atoms with Crippen molar-refractivity contribution in [2.24, 2.45) is 0 Å². The second-order valence-corrected chi connectivity index (χ2v) is 5.09. The van der Waals surface area contributed by atoms with Crippen molar-refractivity contribution in [3.63, 3.8) is 0 Å². The third-order valence-electron chi connectivity index (χ3n) is 2.78. The number of thiophene rings is 1. The van der Waals surface area contributed by atoms with Crippen LogP contribution in [-0.4, -0.2) is 10.2 Å². The number of aromatic nitrogens is 2. The van der Waals surface area contributed by atoms with Crippen molar-refractivity contribution in [2.75, 3.05) is 5.32 Å². The van der Waals surface area contributed by atoms with Crippen LogP contribution in [-0.2, 0) is 0 Å². The van der Waals surface area contributed by atoms with Gasteiger partial charge in [0.25, 0.3) is 0 Å². The molecule has 0 aromatic carbocycles.